The van der Waals surface area contributed by atoms with Crippen molar-refractivity contribution in [3.05, 3.63) is 77.9 Å². The van der Waals surface area contributed by atoms with E-state index in [-0.39, 0.29) is 11.5 Å². The standard InChI is InChI=1S/C26H24F3N3O4/c1-15(36-25(35)30-14-16-8-7-13-26(28,29)22(16)27)23(33)31-21-19-11-4-3-9-17(19)18-10-5-6-12-20(18)32(2)24(21)34/h3-13,15,21-22H,14H2,1-2H3,(H,30,35)(H,31,33)/t15-,21?,22?/m0/s1. The SMILES string of the molecule is C[C@H](OC(=O)NCC1=CC=CC(F)(F)C1F)C(=O)NC1C(=O)N(C)c2ccccc2-c2ccccc21. The summed E-state index contributed by atoms with van der Waals surface area (Å²) in [5.74, 6) is -4.80. The molecule has 2 N–H and O–H groups in total. The molecule has 7 nitrogen and oxygen atoms in total. The van der Waals surface area contributed by atoms with Crippen molar-refractivity contribution in [2.24, 2.45) is 0 Å². The first-order chi connectivity index (χ1) is 17.1. The number of para-hydroxylation sites is 1. The fraction of sp³-hybridized carbons (Fsp3) is 0.269. The summed E-state index contributed by atoms with van der Waals surface area (Å²) in [5.41, 5.74) is 2.53. The van der Waals surface area contributed by atoms with E-state index in [4.69, 9.17) is 4.74 Å². The lowest BCUT2D eigenvalue weighted by Crippen LogP contribution is -2.45. The summed E-state index contributed by atoms with van der Waals surface area (Å²) < 4.78 is 45.8. The molecule has 1 aliphatic heterocycles. The number of ether oxygens (including phenoxy) is 1. The molecule has 10 heteroatoms. The van der Waals surface area contributed by atoms with Crippen LogP contribution in [0.2, 0.25) is 0 Å². The van der Waals surface area contributed by atoms with E-state index in [0.29, 0.717) is 17.3 Å². The minimum absolute atomic E-state index is 0.334. The zero-order valence-electron chi connectivity index (χ0n) is 19.5. The zero-order chi connectivity index (χ0) is 26.0. The molecule has 1 aliphatic carbocycles. The molecule has 3 atom stereocenters. The molecule has 2 aromatic carbocycles. The van der Waals surface area contributed by atoms with Gasteiger partial charge in [-0.3, -0.25) is 9.59 Å². The van der Waals surface area contributed by atoms with Crippen LogP contribution in [-0.4, -0.2) is 49.7 Å². The minimum Gasteiger partial charge on any atom is -0.436 e. The Hall–Kier alpha value is -4.08. The molecular weight excluding hydrogens is 475 g/mol. The molecule has 2 unspecified atom stereocenters. The van der Waals surface area contributed by atoms with Crippen molar-refractivity contribution in [3.8, 4) is 11.1 Å². The van der Waals surface area contributed by atoms with Gasteiger partial charge in [0.25, 0.3) is 11.8 Å². The van der Waals surface area contributed by atoms with Gasteiger partial charge < -0.3 is 20.3 Å². The predicted molar refractivity (Wildman–Crippen MR) is 127 cm³/mol. The van der Waals surface area contributed by atoms with E-state index in [0.717, 1.165) is 23.3 Å². The van der Waals surface area contributed by atoms with E-state index in [2.05, 4.69) is 10.6 Å². The number of nitrogens with one attached hydrogen (secondary N) is 2. The van der Waals surface area contributed by atoms with Crippen molar-refractivity contribution in [3.63, 3.8) is 0 Å². The number of rotatable bonds is 5. The van der Waals surface area contributed by atoms with Crippen LogP contribution >= 0.6 is 0 Å². The average Bonchev–Trinajstić information content (AvgIpc) is 2.94. The van der Waals surface area contributed by atoms with Gasteiger partial charge in [0.1, 0.15) is 6.04 Å². The third kappa shape index (κ3) is 4.84. The van der Waals surface area contributed by atoms with E-state index in [1.54, 1.807) is 25.2 Å². The van der Waals surface area contributed by atoms with E-state index >= 15 is 0 Å². The summed E-state index contributed by atoms with van der Waals surface area (Å²) in [5, 5.41) is 4.82. The van der Waals surface area contributed by atoms with E-state index < -0.39 is 42.8 Å². The number of anilines is 1. The molecule has 0 spiro atoms. The normalized spacial score (nSPS) is 20.9. The maximum Gasteiger partial charge on any atom is 0.408 e. The number of hydrogen-bond donors (Lipinski definition) is 2. The summed E-state index contributed by atoms with van der Waals surface area (Å²) in [6, 6.07) is 13.5. The van der Waals surface area contributed by atoms with Crippen LogP contribution in [0.4, 0.5) is 23.7 Å². The highest BCUT2D eigenvalue weighted by atomic mass is 19.3. The largest absolute Gasteiger partial charge is 0.436 e. The Morgan fingerprint density at radius 3 is 2.53 bits per heavy atom. The number of amides is 3. The lowest BCUT2D eigenvalue weighted by molar-refractivity contribution is -0.132. The van der Waals surface area contributed by atoms with Gasteiger partial charge in [0, 0.05) is 19.2 Å². The Morgan fingerprint density at radius 2 is 1.78 bits per heavy atom. The number of fused-ring (bicyclic) bond motifs is 3. The molecule has 3 amide bonds. The number of alkyl halides is 3. The Morgan fingerprint density at radius 1 is 1.11 bits per heavy atom. The van der Waals surface area contributed by atoms with Crippen molar-refractivity contribution in [1.29, 1.82) is 0 Å². The van der Waals surface area contributed by atoms with Crippen LogP contribution < -0.4 is 15.5 Å². The summed E-state index contributed by atoms with van der Waals surface area (Å²) in [6.45, 7) is 0.779. The second kappa shape index (κ2) is 9.88. The molecule has 0 radical (unpaired) electrons. The van der Waals surface area contributed by atoms with Crippen LogP contribution in [0.5, 0.6) is 0 Å². The van der Waals surface area contributed by atoms with Gasteiger partial charge in [-0.25, -0.2) is 9.18 Å². The maximum absolute atomic E-state index is 13.9. The first kappa shape index (κ1) is 25.0. The Labute approximate surface area is 205 Å². The molecule has 2 aromatic rings. The number of nitrogens with zero attached hydrogens (tertiary/aromatic N) is 1. The van der Waals surface area contributed by atoms with Crippen molar-refractivity contribution in [2.75, 3.05) is 18.5 Å². The van der Waals surface area contributed by atoms with Gasteiger partial charge in [-0.2, -0.15) is 8.78 Å². The lowest BCUT2D eigenvalue weighted by atomic mass is 9.95. The molecule has 4 rings (SSSR count). The Bertz CT molecular complexity index is 1260. The number of hydrogen-bond acceptors (Lipinski definition) is 4. The van der Waals surface area contributed by atoms with Crippen molar-refractivity contribution in [2.45, 2.75) is 31.2 Å². The first-order valence-corrected chi connectivity index (χ1v) is 11.2. The second-order valence-corrected chi connectivity index (χ2v) is 8.48. The van der Waals surface area contributed by atoms with Crippen molar-refractivity contribution in [1.82, 2.24) is 10.6 Å². The smallest absolute Gasteiger partial charge is 0.408 e. The Kier molecular flexibility index (Phi) is 6.87. The van der Waals surface area contributed by atoms with Crippen LogP contribution in [0.3, 0.4) is 0 Å². The average molecular weight is 499 g/mol. The van der Waals surface area contributed by atoms with E-state index in [1.807, 2.05) is 30.3 Å². The molecule has 0 bridgehead atoms. The van der Waals surface area contributed by atoms with Gasteiger partial charge in [-0.15, -0.1) is 0 Å². The van der Waals surface area contributed by atoms with Crippen LogP contribution in [0.1, 0.15) is 18.5 Å². The molecule has 36 heavy (non-hydrogen) atoms. The zero-order valence-corrected chi connectivity index (χ0v) is 19.5. The minimum atomic E-state index is -3.67. The summed E-state index contributed by atoms with van der Waals surface area (Å²) in [6.07, 6.45) is -2.42. The van der Waals surface area contributed by atoms with E-state index in [9.17, 15) is 27.6 Å². The molecule has 0 aromatic heterocycles. The third-order valence-electron chi connectivity index (χ3n) is 6.07. The summed E-state index contributed by atoms with van der Waals surface area (Å²) >= 11 is 0. The number of halogens is 3. The number of carbonyl (C=O) groups excluding carboxylic acids is 3. The molecule has 1 heterocycles. The van der Waals surface area contributed by atoms with Crippen LogP contribution in [0.15, 0.2) is 72.3 Å². The molecule has 2 aliphatic rings. The predicted octanol–water partition coefficient (Wildman–Crippen LogP) is 4.07. The van der Waals surface area contributed by atoms with Gasteiger partial charge in [-0.1, -0.05) is 54.6 Å². The number of likely N-dealkylation sites (N-methyl/N-ethyl adjacent to an activating group) is 1. The Balaban J connectivity index is 1.44. The van der Waals surface area contributed by atoms with Crippen LogP contribution in [0, 0.1) is 0 Å². The van der Waals surface area contributed by atoms with Crippen LogP contribution in [0.25, 0.3) is 11.1 Å². The third-order valence-corrected chi connectivity index (χ3v) is 6.07. The quantitative estimate of drug-likeness (QED) is 0.649. The highest BCUT2D eigenvalue weighted by molar-refractivity contribution is 6.06. The number of benzene rings is 2. The molecule has 0 saturated carbocycles. The fourth-order valence-corrected chi connectivity index (χ4v) is 4.13. The van der Waals surface area contributed by atoms with Gasteiger partial charge >= 0.3 is 12.0 Å². The molecular formula is C26H24F3N3O4. The summed E-state index contributed by atoms with van der Waals surface area (Å²) in [7, 11) is 1.61. The molecule has 188 valence electrons. The lowest BCUT2D eigenvalue weighted by Gasteiger charge is -2.24. The first-order valence-electron chi connectivity index (χ1n) is 11.2. The molecule has 0 saturated heterocycles. The molecule has 0 fully saturated rings. The van der Waals surface area contributed by atoms with Gasteiger partial charge in [0.05, 0.1) is 5.69 Å². The van der Waals surface area contributed by atoms with Crippen molar-refractivity contribution >= 4 is 23.6 Å². The highest BCUT2D eigenvalue weighted by Gasteiger charge is 2.41. The highest BCUT2D eigenvalue weighted by Crippen LogP contribution is 2.39. The van der Waals surface area contributed by atoms with Gasteiger partial charge in [0.2, 0.25) is 0 Å². The monoisotopic (exact) mass is 499 g/mol. The number of allylic oxidation sites excluding steroid dienone is 3. The summed E-state index contributed by atoms with van der Waals surface area (Å²) in [4.78, 5) is 39.8. The second-order valence-electron chi connectivity index (χ2n) is 8.48. The van der Waals surface area contributed by atoms with E-state index in [1.165, 1.54) is 11.8 Å². The van der Waals surface area contributed by atoms with Crippen LogP contribution in [-0.2, 0) is 14.3 Å². The maximum atomic E-state index is 13.9. The van der Waals surface area contributed by atoms with Crippen molar-refractivity contribution < 1.29 is 32.3 Å². The number of carbonyl (C=O) groups is 3. The van der Waals surface area contributed by atoms with Gasteiger partial charge in [0.15, 0.2) is 12.3 Å². The van der Waals surface area contributed by atoms with Gasteiger partial charge in [-0.05, 0) is 35.8 Å². The topological polar surface area (TPSA) is 87.7 Å². The number of alkyl carbamates (subject to hydrolysis) is 1. The fourth-order valence-electron chi connectivity index (χ4n) is 4.13.